The van der Waals surface area contributed by atoms with E-state index >= 15 is 0 Å². The van der Waals surface area contributed by atoms with Gasteiger partial charge in [-0.1, -0.05) is 18.2 Å². The molecule has 2 aromatic rings. The van der Waals surface area contributed by atoms with Gasteiger partial charge in [0, 0.05) is 49.7 Å². The van der Waals surface area contributed by atoms with E-state index in [-0.39, 0.29) is 11.8 Å². The van der Waals surface area contributed by atoms with E-state index in [4.69, 9.17) is 0 Å². The summed E-state index contributed by atoms with van der Waals surface area (Å²) < 4.78 is 0. The molecule has 6 heteroatoms. The number of rotatable bonds is 3. The number of para-hydroxylation sites is 1. The van der Waals surface area contributed by atoms with Crippen LogP contribution < -0.4 is 4.90 Å². The summed E-state index contributed by atoms with van der Waals surface area (Å²) in [7, 11) is 0. The quantitative estimate of drug-likeness (QED) is 0.871. The molecule has 0 atom stereocenters. The number of carbonyl (C=O) groups is 2. The van der Waals surface area contributed by atoms with Crippen LogP contribution in [-0.2, 0) is 11.2 Å². The third-order valence-electron chi connectivity index (χ3n) is 6.29. The van der Waals surface area contributed by atoms with Crippen LogP contribution in [0.4, 0.5) is 11.4 Å². The summed E-state index contributed by atoms with van der Waals surface area (Å²) in [5, 5.41) is 10.0. The fraction of sp³-hybridized carbons (Fsp3) is 0.391. The van der Waals surface area contributed by atoms with Crippen LogP contribution in [0.15, 0.2) is 48.5 Å². The van der Waals surface area contributed by atoms with Crippen LogP contribution in [0.25, 0.3) is 0 Å². The molecule has 2 aromatic carbocycles. The highest BCUT2D eigenvalue weighted by atomic mass is 16.3. The topological polar surface area (TPSA) is 64.1 Å². The molecule has 0 radical (unpaired) electrons. The van der Waals surface area contributed by atoms with Crippen molar-refractivity contribution in [1.82, 2.24) is 9.80 Å². The van der Waals surface area contributed by atoms with E-state index < -0.39 is 5.60 Å². The van der Waals surface area contributed by atoms with Gasteiger partial charge in [-0.2, -0.15) is 0 Å². The van der Waals surface area contributed by atoms with Gasteiger partial charge in [-0.25, -0.2) is 0 Å². The lowest BCUT2D eigenvalue weighted by molar-refractivity contribution is -0.143. The highest BCUT2D eigenvalue weighted by Gasteiger charge is 2.50. The molecule has 2 amide bonds. The second-order valence-corrected chi connectivity index (χ2v) is 8.19. The number of nitrogens with zero attached hydrogens (tertiary/aromatic N) is 3. The molecule has 1 N–H and O–H groups in total. The van der Waals surface area contributed by atoms with Crippen LogP contribution in [0.3, 0.4) is 0 Å². The number of piperazine rings is 1. The van der Waals surface area contributed by atoms with Crippen molar-refractivity contribution < 1.29 is 14.7 Å². The Kier molecular flexibility index (Phi) is 4.32. The van der Waals surface area contributed by atoms with Gasteiger partial charge in [-0.15, -0.1) is 0 Å². The molecular formula is C23H25N3O3. The average molecular weight is 391 g/mol. The maximum Gasteiger partial charge on any atom is 0.254 e. The lowest BCUT2D eigenvalue weighted by Crippen LogP contribution is -2.53. The Hall–Kier alpha value is -2.86. The van der Waals surface area contributed by atoms with Gasteiger partial charge in [0.25, 0.3) is 11.8 Å². The van der Waals surface area contributed by atoms with Crippen molar-refractivity contribution in [3.8, 4) is 0 Å². The minimum absolute atomic E-state index is 0.00407. The van der Waals surface area contributed by atoms with Gasteiger partial charge in [0.05, 0.1) is 0 Å². The molecule has 1 saturated carbocycles. The minimum Gasteiger partial charge on any atom is -0.380 e. The van der Waals surface area contributed by atoms with Gasteiger partial charge in [0.1, 0.15) is 5.60 Å². The summed E-state index contributed by atoms with van der Waals surface area (Å²) in [5.41, 5.74) is 3.23. The maximum absolute atomic E-state index is 12.9. The maximum atomic E-state index is 12.9. The first-order valence-corrected chi connectivity index (χ1v) is 10.3. The Morgan fingerprint density at radius 1 is 0.828 bits per heavy atom. The Morgan fingerprint density at radius 2 is 1.48 bits per heavy atom. The Bertz CT molecular complexity index is 944. The van der Waals surface area contributed by atoms with Gasteiger partial charge in [0.2, 0.25) is 0 Å². The van der Waals surface area contributed by atoms with Crippen molar-refractivity contribution in [1.29, 1.82) is 0 Å². The van der Waals surface area contributed by atoms with E-state index in [1.165, 1.54) is 11.3 Å². The van der Waals surface area contributed by atoms with Crippen LogP contribution in [0.5, 0.6) is 0 Å². The SMILES string of the molecule is O=C(c1ccc(N2CCc3ccccc32)cc1)N1CCN(C(=O)C2(O)CC2)CC1. The van der Waals surface area contributed by atoms with Crippen LogP contribution in [0, 0.1) is 0 Å². The summed E-state index contributed by atoms with van der Waals surface area (Å²) in [6, 6.07) is 16.2. The van der Waals surface area contributed by atoms with Crippen molar-refractivity contribution in [3.05, 3.63) is 59.7 Å². The van der Waals surface area contributed by atoms with Crippen LogP contribution in [-0.4, -0.2) is 65.0 Å². The minimum atomic E-state index is -1.13. The Morgan fingerprint density at radius 3 is 2.17 bits per heavy atom. The van der Waals surface area contributed by atoms with Crippen molar-refractivity contribution in [2.45, 2.75) is 24.9 Å². The van der Waals surface area contributed by atoms with E-state index in [2.05, 4.69) is 29.2 Å². The highest BCUT2D eigenvalue weighted by molar-refractivity contribution is 5.95. The first kappa shape index (κ1) is 18.2. The smallest absolute Gasteiger partial charge is 0.254 e. The molecule has 5 rings (SSSR count). The number of carbonyl (C=O) groups excluding carboxylic acids is 2. The zero-order chi connectivity index (χ0) is 20.0. The van der Waals surface area contributed by atoms with Crippen LogP contribution in [0.2, 0.25) is 0 Å². The van der Waals surface area contributed by atoms with Gasteiger partial charge in [0.15, 0.2) is 0 Å². The highest BCUT2D eigenvalue weighted by Crippen LogP contribution is 2.37. The molecule has 3 aliphatic rings. The number of hydrogen-bond acceptors (Lipinski definition) is 4. The van der Waals surface area contributed by atoms with Crippen molar-refractivity contribution in [3.63, 3.8) is 0 Å². The number of fused-ring (bicyclic) bond motifs is 1. The summed E-state index contributed by atoms with van der Waals surface area (Å²) >= 11 is 0. The van der Waals surface area contributed by atoms with Crippen LogP contribution >= 0.6 is 0 Å². The average Bonchev–Trinajstić information content (AvgIpc) is 3.38. The molecule has 0 aromatic heterocycles. The molecule has 0 spiro atoms. The first-order chi connectivity index (χ1) is 14.0. The van der Waals surface area contributed by atoms with E-state index in [0.29, 0.717) is 44.6 Å². The third kappa shape index (κ3) is 3.27. The van der Waals surface area contributed by atoms with E-state index in [0.717, 1.165) is 18.7 Å². The normalized spacial score (nSPS) is 19.8. The Balaban J connectivity index is 1.23. The number of benzene rings is 2. The van der Waals surface area contributed by atoms with Crippen molar-refractivity contribution >= 4 is 23.2 Å². The summed E-state index contributed by atoms with van der Waals surface area (Å²) in [6.07, 6.45) is 2.15. The largest absolute Gasteiger partial charge is 0.380 e. The molecular weight excluding hydrogens is 366 g/mol. The lowest BCUT2D eigenvalue weighted by Gasteiger charge is -2.35. The van der Waals surface area contributed by atoms with Crippen molar-refractivity contribution in [2.75, 3.05) is 37.6 Å². The number of aliphatic hydroxyl groups is 1. The number of amides is 2. The Labute approximate surface area is 170 Å². The third-order valence-corrected chi connectivity index (χ3v) is 6.29. The predicted molar refractivity (Wildman–Crippen MR) is 110 cm³/mol. The summed E-state index contributed by atoms with van der Waals surface area (Å²) in [6.45, 7) is 2.92. The standard InChI is InChI=1S/C23H25N3O3/c27-21(24-13-15-25(16-14-24)22(28)23(29)10-11-23)18-5-7-19(8-6-18)26-12-9-17-3-1-2-4-20(17)26/h1-8,29H,9-16H2. The molecule has 2 fully saturated rings. The fourth-order valence-corrected chi connectivity index (χ4v) is 4.31. The molecule has 2 aliphatic heterocycles. The monoisotopic (exact) mass is 391 g/mol. The number of hydrogen-bond donors (Lipinski definition) is 1. The van der Waals surface area contributed by atoms with Gasteiger partial charge >= 0.3 is 0 Å². The zero-order valence-electron chi connectivity index (χ0n) is 16.4. The first-order valence-electron chi connectivity index (χ1n) is 10.3. The number of anilines is 2. The predicted octanol–water partition coefficient (Wildman–Crippen LogP) is 2.19. The van der Waals surface area contributed by atoms with Gasteiger partial charge in [-0.05, 0) is 55.2 Å². The fourth-order valence-electron chi connectivity index (χ4n) is 4.31. The van der Waals surface area contributed by atoms with E-state index in [9.17, 15) is 14.7 Å². The summed E-state index contributed by atoms with van der Waals surface area (Å²) in [4.78, 5) is 30.9. The van der Waals surface area contributed by atoms with Gasteiger partial charge < -0.3 is 19.8 Å². The molecule has 1 saturated heterocycles. The van der Waals surface area contributed by atoms with Crippen LogP contribution in [0.1, 0.15) is 28.8 Å². The van der Waals surface area contributed by atoms with Gasteiger partial charge in [-0.3, -0.25) is 9.59 Å². The van der Waals surface area contributed by atoms with E-state index in [1.54, 1.807) is 9.80 Å². The summed E-state index contributed by atoms with van der Waals surface area (Å²) in [5.74, 6) is -0.185. The second-order valence-electron chi connectivity index (χ2n) is 8.19. The molecule has 150 valence electrons. The molecule has 2 heterocycles. The second kappa shape index (κ2) is 6.88. The molecule has 6 nitrogen and oxygen atoms in total. The molecule has 0 unspecified atom stereocenters. The van der Waals surface area contributed by atoms with Crippen molar-refractivity contribution in [2.24, 2.45) is 0 Å². The van der Waals surface area contributed by atoms with E-state index in [1.807, 2.05) is 24.3 Å². The molecule has 0 bridgehead atoms. The lowest BCUT2D eigenvalue weighted by atomic mass is 10.1. The molecule has 1 aliphatic carbocycles. The molecule has 29 heavy (non-hydrogen) atoms. The zero-order valence-corrected chi connectivity index (χ0v) is 16.4.